The minimum absolute atomic E-state index is 0.0442. The highest BCUT2D eigenvalue weighted by Gasteiger charge is 2.16. The van der Waals surface area contributed by atoms with Gasteiger partial charge in [-0.1, -0.05) is 37.1 Å². The summed E-state index contributed by atoms with van der Waals surface area (Å²) >= 11 is 0. The van der Waals surface area contributed by atoms with Crippen LogP contribution < -0.4 is 21.5 Å². The highest BCUT2D eigenvalue weighted by molar-refractivity contribution is 6.07. The number of nitrogens with zero attached hydrogens (tertiary/aromatic N) is 2. The summed E-state index contributed by atoms with van der Waals surface area (Å²) in [6.07, 6.45) is 5.00. The average molecular weight is 496 g/mol. The van der Waals surface area contributed by atoms with E-state index >= 15 is 0 Å². The number of aromatic nitrogens is 2. The molecule has 1 aromatic heterocycles. The van der Waals surface area contributed by atoms with Gasteiger partial charge in [0.2, 0.25) is 0 Å². The second-order valence-corrected chi connectivity index (χ2v) is 9.31. The van der Waals surface area contributed by atoms with Crippen LogP contribution in [-0.4, -0.2) is 21.5 Å². The van der Waals surface area contributed by atoms with Gasteiger partial charge in [0.05, 0.1) is 10.9 Å². The first-order valence-electron chi connectivity index (χ1n) is 12.6. The van der Waals surface area contributed by atoms with Crippen LogP contribution in [0.15, 0.2) is 71.5 Å². The van der Waals surface area contributed by atoms with Crippen molar-refractivity contribution in [3.63, 3.8) is 0 Å². The molecule has 8 heteroatoms. The zero-order chi connectivity index (χ0) is 25.8. The molecule has 0 spiro atoms. The SMILES string of the molecule is Cc1ccc(NC(=O)Nc2ccccc2)cc1NC(=O)c1ccc2c(=O)n3c(nc2c1)CCCCCC3. The van der Waals surface area contributed by atoms with Gasteiger partial charge in [0.15, 0.2) is 0 Å². The Morgan fingerprint density at radius 3 is 2.46 bits per heavy atom. The molecule has 0 atom stereocenters. The van der Waals surface area contributed by atoms with Crippen LogP contribution in [-0.2, 0) is 13.0 Å². The Hall–Kier alpha value is -4.46. The van der Waals surface area contributed by atoms with E-state index in [9.17, 15) is 14.4 Å². The molecule has 2 heterocycles. The number of para-hydroxylation sites is 1. The maximum Gasteiger partial charge on any atom is 0.323 e. The molecule has 5 rings (SSSR count). The zero-order valence-corrected chi connectivity index (χ0v) is 20.7. The summed E-state index contributed by atoms with van der Waals surface area (Å²) in [7, 11) is 0. The lowest BCUT2D eigenvalue weighted by atomic mass is 10.1. The highest BCUT2D eigenvalue weighted by Crippen LogP contribution is 2.22. The number of carbonyl (C=O) groups excluding carboxylic acids is 2. The molecular weight excluding hydrogens is 466 g/mol. The fraction of sp³-hybridized carbons (Fsp3) is 0.241. The van der Waals surface area contributed by atoms with Crippen molar-refractivity contribution in [3.05, 3.63) is 94.0 Å². The van der Waals surface area contributed by atoms with E-state index in [4.69, 9.17) is 4.98 Å². The first-order valence-corrected chi connectivity index (χ1v) is 12.6. The minimum atomic E-state index is -0.381. The summed E-state index contributed by atoms with van der Waals surface area (Å²) in [5, 5.41) is 9.01. The molecular formula is C29H29N5O3. The third-order valence-electron chi connectivity index (χ3n) is 6.60. The number of nitrogens with one attached hydrogen (secondary N) is 3. The van der Waals surface area contributed by atoms with E-state index in [-0.39, 0.29) is 17.5 Å². The van der Waals surface area contributed by atoms with Crippen molar-refractivity contribution in [3.8, 4) is 0 Å². The molecule has 3 N–H and O–H groups in total. The van der Waals surface area contributed by atoms with Crippen LogP contribution in [0.25, 0.3) is 10.9 Å². The summed E-state index contributed by atoms with van der Waals surface area (Å²) in [6, 6.07) is 19.1. The Kier molecular flexibility index (Phi) is 6.98. The number of hydrogen-bond donors (Lipinski definition) is 3. The van der Waals surface area contributed by atoms with Gasteiger partial charge in [-0.05, 0) is 67.8 Å². The van der Waals surface area contributed by atoms with Gasteiger partial charge < -0.3 is 16.0 Å². The van der Waals surface area contributed by atoms with E-state index in [1.165, 1.54) is 0 Å². The van der Waals surface area contributed by atoms with Crippen molar-refractivity contribution in [2.24, 2.45) is 0 Å². The lowest BCUT2D eigenvalue weighted by molar-refractivity contribution is 0.102. The van der Waals surface area contributed by atoms with Crippen LogP contribution in [0.1, 0.15) is 47.4 Å². The second-order valence-electron chi connectivity index (χ2n) is 9.31. The number of amides is 3. The molecule has 3 aromatic carbocycles. The van der Waals surface area contributed by atoms with Crippen molar-refractivity contribution in [1.29, 1.82) is 0 Å². The van der Waals surface area contributed by atoms with Gasteiger partial charge in [-0.25, -0.2) is 9.78 Å². The molecule has 0 unspecified atom stereocenters. The molecule has 0 radical (unpaired) electrons. The number of urea groups is 1. The van der Waals surface area contributed by atoms with Crippen LogP contribution in [0.2, 0.25) is 0 Å². The molecule has 37 heavy (non-hydrogen) atoms. The monoisotopic (exact) mass is 495 g/mol. The molecule has 8 nitrogen and oxygen atoms in total. The first-order chi connectivity index (χ1) is 18.0. The second kappa shape index (κ2) is 10.7. The van der Waals surface area contributed by atoms with Crippen molar-refractivity contribution >= 4 is 39.9 Å². The standard InChI is InChI=1S/C29H29N5O3/c1-19-12-14-22(31-29(37)30-21-9-5-4-6-10-21)18-24(19)33-27(35)20-13-15-23-25(17-20)32-26-11-7-2-3-8-16-34(26)28(23)36/h4-6,9-10,12-15,17-18H,2-3,7-8,11,16H2,1H3,(H,33,35)(H2,30,31,37). The Bertz CT molecular complexity index is 1530. The summed E-state index contributed by atoms with van der Waals surface area (Å²) in [6.45, 7) is 2.57. The molecule has 0 saturated carbocycles. The maximum absolute atomic E-state index is 13.1. The smallest absolute Gasteiger partial charge is 0.322 e. The predicted molar refractivity (Wildman–Crippen MR) is 146 cm³/mol. The van der Waals surface area contributed by atoms with Crippen LogP contribution in [0.5, 0.6) is 0 Å². The third kappa shape index (κ3) is 5.53. The Labute approximate surface area is 214 Å². The molecule has 0 fully saturated rings. The fourth-order valence-corrected chi connectivity index (χ4v) is 4.58. The van der Waals surface area contributed by atoms with E-state index in [0.29, 0.717) is 40.1 Å². The number of anilines is 3. The van der Waals surface area contributed by atoms with Crippen molar-refractivity contribution in [2.75, 3.05) is 16.0 Å². The number of fused-ring (bicyclic) bond motifs is 2. The van der Waals surface area contributed by atoms with Crippen LogP contribution in [0, 0.1) is 6.92 Å². The number of hydrogen-bond acceptors (Lipinski definition) is 4. The number of rotatable bonds is 4. The molecule has 3 amide bonds. The Morgan fingerprint density at radius 2 is 1.62 bits per heavy atom. The molecule has 1 aliphatic rings. The van der Waals surface area contributed by atoms with Gasteiger partial charge in [0, 0.05) is 35.6 Å². The number of carbonyl (C=O) groups is 2. The van der Waals surface area contributed by atoms with E-state index < -0.39 is 0 Å². The van der Waals surface area contributed by atoms with E-state index in [1.807, 2.05) is 31.2 Å². The van der Waals surface area contributed by atoms with Crippen LogP contribution in [0.3, 0.4) is 0 Å². The lowest BCUT2D eigenvalue weighted by Gasteiger charge is -2.16. The van der Waals surface area contributed by atoms with Crippen LogP contribution in [0.4, 0.5) is 21.9 Å². The minimum Gasteiger partial charge on any atom is -0.322 e. The molecule has 0 aliphatic carbocycles. The summed E-state index contributed by atoms with van der Waals surface area (Å²) in [5.41, 5.74) is 3.55. The maximum atomic E-state index is 13.1. The Balaban J connectivity index is 1.35. The van der Waals surface area contributed by atoms with Gasteiger partial charge in [-0.15, -0.1) is 0 Å². The van der Waals surface area contributed by atoms with E-state index in [0.717, 1.165) is 43.5 Å². The van der Waals surface area contributed by atoms with E-state index in [2.05, 4.69) is 16.0 Å². The van der Waals surface area contributed by atoms with Gasteiger partial charge >= 0.3 is 6.03 Å². The zero-order valence-electron chi connectivity index (χ0n) is 20.7. The van der Waals surface area contributed by atoms with Gasteiger partial charge in [0.1, 0.15) is 5.82 Å². The Morgan fingerprint density at radius 1 is 0.838 bits per heavy atom. The quantitative estimate of drug-likeness (QED) is 0.337. The molecule has 0 saturated heterocycles. The normalized spacial score (nSPS) is 13.2. The van der Waals surface area contributed by atoms with Crippen LogP contribution >= 0.6 is 0 Å². The largest absolute Gasteiger partial charge is 0.323 e. The highest BCUT2D eigenvalue weighted by atomic mass is 16.2. The first kappa shape index (κ1) is 24.2. The molecule has 4 aromatic rings. The number of aryl methyl sites for hydroxylation is 2. The van der Waals surface area contributed by atoms with E-state index in [1.54, 1.807) is 47.0 Å². The average Bonchev–Trinajstić information content (AvgIpc) is 2.87. The third-order valence-corrected chi connectivity index (χ3v) is 6.60. The number of benzene rings is 3. The summed E-state index contributed by atoms with van der Waals surface area (Å²) < 4.78 is 1.79. The van der Waals surface area contributed by atoms with Gasteiger partial charge in [-0.2, -0.15) is 0 Å². The molecule has 188 valence electrons. The molecule has 1 aliphatic heterocycles. The molecule has 0 bridgehead atoms. The fourth-order valence-electron chi connectivity index (χ4n) is 4.58. The summed E-state index contributed by atoms with van der Waals surface area (Å²) in [4.78, 5) is 43.3. The topological polar surface area (TPSA) is 105 Å². The van der Waals surface area contributed by atoms with Gasteiger partial charge in [0.25, 0.3) is 11.5 Å². The predicted octanol–water partition coefficient (Wildman–Crippen LogP) is 5.72. The van der Waals surface area contributed by atoms with Crippen molar-refractivity contribution in [1.82, 2.24) is 9.55 Å². The van der Waals surface area contributed by atoms with Crippen molar-refractivity contribution < 1.29 is 9.59 Å². The lowest BCUT2D eigenvalue weighted by Crippen LogP contribution is -2.26. The van der Waals surface area contributed by atoms with Gasteiger partial charge in [-0.3, -0.25) is 14.2 Å². The van der Waals surface area contributed by atoms with Crippen molar-refractivity contribution in [2.45, 2.75) is 45.6 Å². The summed E-state index contributed by atoms with van der Waals surface area (Å²) in [5.74, 6) is 0.475.